The van der Waals surface area contributed by atoms with Crippen molar-refractivity contribution in [3.8, 4) is 6.07 Å². The summed E-state index contributed by atoms with van der Waals surface area (Å²) in [6.45, 7) is 1.81. The highest BCUT2D eigenvalue weighted by Gasteiger charge is 2.15. The lowest BCUT2D eigenvalue weighted by Gasteiger charge is -2.12. The number of anilines is 1. The quantitative estimate of drug-likeness (QED) is 0.796. The number of nitriles is 1. The van der Waals surface area contributed by atoms with Crippen LogP contribution in [-0.4, -0.2) is 16.0 Å². The lowest BCUT2D eigenvalue weighted by Crippen LogP contribution is -2.16. The number of aromatic nitrogens is 2. The molecular weight excluding hydrogens is 188 g/mol. The first-order valence-corrected chi connectivity index (χ1v) is 5.30. The zero-order chi connectivity index (χ0) is 10.7. The molecule has 4 nitrogen and oxygen atoms in total. The Morgan fingerprint density at radius 3 is 2.80 bits per heavy atom. The van der Waals surface area contributed by atoms with E-state index in [1.54, 1.807) is 13.0 Å². The van der Waals surface area contributed by atoms with Gasteiger partial charge >= 0.3 is 0 Å². The van der Waals surface area contributed by atoms with Gasteiger partial charge in [-0.3, -0.25) is 0 Å². The third-order valence-electron chi connectivity index (χ3n) is 2.66. The molecule has 1 saturated carbocycles. The second-order valence-electron chi connectivity index (χ2n) is 3.92. The van der Waals surface area contributed by atoms with E-state index in [9.17, 15) is 0 Å². The average molecular weight is 202 g/mol. The summed E-state index contributed by atoms with van der Waals surface area (Å²) in [4.78, 5) is 8.29. The van der Waals surface area contributed by atoms with Gasteiger partial charge in [-0.25, -0.2) is 9.97 Å². The van der Waals surface area contributed by atoms with Crippen LogP contribution in [0, 0.1) is 18.3 Å². The Morgan fingerprint density at radius 2 is 2.13 bits per heavy atom. The molecule has 1 N–H and O–H groups in total. The lowest BCUT2D eigenvalue weighted by molar-refractivity contribution is 0.748. The standard InChI is InChI=1S/C11H14N4/c1-8-13-10(7-12)6-11(14-8)15-9-4-2-3-5-9/h6,9H,2-5H2,1H3,(H,13,14,15). The van der Waals surface area contributed by atoms with Crippen molar-refractivity contribution in [3.63, 3.8) is 0 Å². The van der Waals surface area contributed by atoms with Crippen LogP contribution < -0.4 is 5.32 Å². The molecule has 1 heterocycles. The lowest BCUT2D eigenvalue weighted by atomic mass is 10.2. The van der Waals surface area contributed by atoms with Crippen LogP contribution in [0.1, 0.15) is 37.2 Å². The summed E-state index contributed by atoms with van der Waals surface area (Å²) in [6, 6.07) is 4.27. The number of hydrogen-bond acceptors (Lipinski definition) is 4. The van der Waals surface area contributed by atoms with E-state index in [1.165, 1.54) is 25.7 Å². The SMILES string of the molecule is Cc1nc(C#N)cc(NC2CCCC2)n1. The highest BCUT2D eigenvalue weighted by Crippen LogP contribution is 2.21. The smallest absolute Gasteiger partial charge is 0.146 e. The molecule has 0 unspecified atom stereocenters. The van der Waals surface area contributed by atoms with E-state index in [2.05, 4.69) is 15.3 Å². The third kappa shape index (κ3) is 2.44. The van der Waals surface area contributed by atoms with Crippen molar-refractivity contribution in [1.82, 2.24) is 9.97 Å². The van der Waals surface area contributed by atoms with E-state index < -0.39 is 0 Å². The molecule has 1 aliphatic carbocycles. The maximum atomic E-state index is 8.78. The van der Waals surface area contributed by atoms with Crippen LogP contribution >= 0.6 is 0 Å². The Morgan fingerprint density at radius 1 is 1.40 bits per heavy atom. The molecule has 1 fully saturated rings. The molecule has 15 heavy (non-hydrogen) atoms. The largest absolute Gasteiger partial charge is 0.367 e. The molecule has 1 aliphatic rings. The number of rotatable bonds is 2. The zero-order valence-corrected chi connectivity index (χ0v) is 8.82. The van der Waals surface area contributed by atoms with Gasteiger partial charge in [0, 0.05) is 12.1 Å². The van der Waals surface area contributed by atoms with Gasteiger partial charge in [-0.15, -0.1) is 0 Å². The molecule has 0 radical (unpaired) electrons. The van der Waals surface area contributed by atoms with Gasteiger partial charge in [0.15, 0.2) is 0 Å². The number of nitrogens with zero attached hydrogens (tertiary/aromatic N) is 3. The topological polar surface area (TPSA) is 61.6 Å². The summed E-state index contributed by atoms with van der Waals surface area (Å²) in [5, 5.41) is 12.1. The summed E-state index contributed by atoms with van der Waals surface area (Å²) in [6.07, 6.45) is 4.97. The van der Waals surface area contributed by atoms with Crippen LogP contribution in [0.15, 0.2) is 6.07 Å². The number of aryl methyl sites for hydroxylation is 1. The van der Waals surface area contributed by atoms with Gasteiger partial charge in [0.2, 0.25) is 0 Å². The predicted molar refractivity (Wildman–Crippen MR) is 57.4 cm³/mol. The minimum absolute atomic E-state index is 0.433. The third-order valence-corrected chi connectivity index (χ3v) is 2.66. The molecule has 0 aliphatic heterocycles. The zero-order valence-electron chi connectivity index (χ0n) is 8.82. The van der Waals surface area contributed by atoms with Crippen molar-refractivity contribution in [3.05, 3.63) is 17.6 Å². The Bertz CT molecular complexity index is 388. The maximum absolute atomic E-state index is 8.78. The van der Waals surface area contributed by atoms with E-state index in [0.717, 1.165) is 5.82 Å². The van der Waals surface area contributed by atoms with Gasteiger partial charge in [0.25, 0.3) is 0 Å². The van der Waals surface area contributed by atoms with Crippen LogP contribution in [0.25, 0.3) is 0 Å². The number of nitrogens with one attached hydrogen (secondary N) is 1. The molecule has 0 bridgehead atoms. The summed E-state index contributed by atoms with van der Waals surface area (Å²) in [5.74, 6) is 1.43. The summed E-state index contributed by atoms with van der Waals surface area (Å²) < 4.78 is 0. The Balaban J connectivity index is 2.13. The van der Waals surface area contributed by atoms with Gasteiger partial charge in [-0.05, 0) is 19.8 Å². The van der Waals surface area contributed by atoms with E-state index in [4.69, 9.17) is 5.26 Å². The molecule has 4 heteroatoms. The van der Waals surface area contributed by atoms with E-state index >= 15 is 0 Å². The van der Waals surface area contributed by atoms with Crippen molar-refractivity contribution in [2.45, 2.75) is 38.6 Å². The van der Waals surface area contributed by atoms with Crippen molar-refractivity contribution < 1.29 is 0 Å². The molecule has 0 atom stereocenters. The first-order chi connectivity index (χ1) is 7.28. The molecule has 0 amide bonds. The van der Waals surface area contributed by atoms with Crippen molar-refractivity contribution in [1.29, 1.82) is 5.26 Å². The second kappa shape index (κ2) is 4.26. The Labute approximate surface area is 89.4 Å². The molecule has 0 aromatic carbocycles. The fraction of sp³-hybridized carbons (Fsp3) is 0.545. The van der Waals surface area contributed by atoms with Crippen LogP contribution in [0.4, 0.5) is 5.82 Å². The van der Waals surface area contributed by atoms with E-state index in [-0.39, 0.29) is 0 Å². The Kier molecular flexibility index (Phi) is 2.82. The molecule has 0 spiro atoms. The van der Waals surface area contributed by atoms with Gasteiger partial charge < -0.3 is 5.32 Å². The highest BCUT2D eigenvalue weighted by molar-refractivity contribution is 5.40. The van der Waals surface area contributed by atoms with Gasteiger partial charge in [-0.2, -0.15) is 5.26 Å². The van der Waals surface area contributed by atoms with Crippen LogP contribution in [-0.2, 0) is 0 Å². The summed E-state index contributed by atoms with van der Waals surface area (Å²) in [7, 11) is 0. The van der Waals surface area contributed by atoms with Crippen LogP contribution in [0.3, 0.4) is 0 Å². The van der Waals surface area contributed by atoms with E-state index in [0.29, 0.717) is 17.6 Å². The molecular formula is C11H14N4. The normalized spacial score (nSPS) is 16.3. The monoisotopic (exact) mass is 202 g/mol. The molecule has 1 aromatic heterocycles. The first-order valence-electron chi connectivity index (χ1n) is 5.30. The van der Waals surface area contributed by atoms with Gasteiger partial charge in [0.1, 0.15) is 23.4 Å². The predicted octanol–water partition coefficient (Wildman–Crippen LogP) is 2.01. The first kappa shape index (κ1) is 9.91. The minimum Gasteiger partial charge on any atom is -0.367 e. The minimum atomic E-state index is 0.433. The van der Waals surface area contributed by atoms with E-state index in [1.807, 2.05) is 6.07 Å². The fourth-order valence-electron chi connectivity index (χ4n) is 1.98. The number of hydrogen-bond donors (Lipinski definition) is 1. The maximum Gasteiger partial charge on any atom is 0.146 e. The van der Waals surface area contributed by atoms with Crippen LogP contribution in [0.5, 0.6) is 0 Å². The van der Waals surface area contributed by atoms with Crippen LogP contribution in [0.2, 0.25) is 0 Å². The fourth-order valence-corrected chi connectivity index (χ4v) is 1.98. The van der Waals surface area contributed by atoms with Crippen molar-refractivity contribution in [2.75, 3.05) is 5.32 Å². The molecule has 2 rings (SSSR count). The summed E-state index contributed by atoms with van der Waals surface area (Å²) in [5.41, 5.74) is 0.433. The molecule has 1 aromatic rings. The van der Waals surface area contributed by atoms with Gasteiger partial charge in [-0.1, -0.05) is 12.8 Å². The second-order valence-corrected chi connectivity index (χ2v) is 3.92. The average Bonchev–Trinajstić information content (AvgIpc) is 2.69. The summed E-state index contributed by atoms with van der Waals surface area (Å²) >= 11 is 0. The molecule has 78 valence electrons. The van der Waals surface area contributed by atoms with Crippen molar-refractivity contribution in [2.24, 2.45) is 0 Å². The highest BCUT2D eigenvalue weighted by atomic mass is 15.0. The molecule has 0 saturated heterocycles. The van der Waals surface area contributed by atoms with Gasteiger partial charge in [0.05, 0.1) is 0 Å². The Hall–Kier alpha value is -1.63. The van der Waals surface area contributed by atoms with Crippen molar-refractivity contribution >= 4 is 5.82 Å².